The first-order valence-electron chi connectivity index (χ1n) is 2.91. The van der Waals surface area contributed by atoms with Crippen LogP contribution in [0.3, 0.4) is 0 Å². The van der Waals surface area contributed by atoms with E-state index in [1.165, 1.54) is 25.7 Å². The molecule has 4 heteroatoms. The summed E-state index contributed by atoms with van der Waals surface area (Å²) in [7, 11) is 0. The molecule has 0 N–H and O–H groups in total. The second-order valence-electron chi connectivity index (χ2n) is 1.71. The average Bonchev–Trinajstić information content (AvgIpc) is 1.61. The molecule has 0 aliphatic carbocycles. The maximum absolute atomic E-state index is 2.23. The molecule has 0 atom stereocenters. The molecule has 10 heavy (non-hydrogen) atoms. The fourth-order valence-electron chi connectivity index (χ4n) is 0.500. The molecule has 0 aliphatic rings. The molecule has 0 radical (unpaired) electrons. The highest BCUT2D eigenvalue weighted by Gasteiger charge is 1.75. The van der Waals surface area contributed by atoms with Crippen molar-refractivity contribution >= 4 is 45.6 Å². The summed E-state index contributed by atoms with van der Waals surface area (Å²) in [6.45, 7) is 4.46. The molecule has 0 aromatic rings. The lowest BCUT2D eigenvalue weighted by Gasteiger charge is -1.86. The summed E-state index contributed by atoms with van der Waals surface area (Å²) >= 11 is 0. The van der Waals surface area contributed by atoms with E-state index in [4.69, 9.17) is 0 Å². The van der Waals surface area contributed by atoms with Gasteiger partial charge in [-0.15, -0.1) is 37.2 Å². The molecule has 0 unspecified atom stereocenters. The lowest BCUT2D eigenvalue weighted by Crippen LogP contribution is -1.66. The third-order valence-electron chi connectivity index (χ3n) is 0.957. The molecule has 0 amide bonds. The van der Waals surface area contributed by atoms with Crippen LogP contribution >= 0.6 is 37.2 Å². The Hall–Kier alpha value is 0.935. The van der Waals surface area contributed by atoms with Crippen LogP contribution in [0.15, 0.2) is 0 Å². The van der Waals surface area contributed by atoms with E-state index in [2.05, 4.69) is 13.8 Å². The van der Waals surface area contributed by atoms with Crippen LogP contribution in [-0.2, 0) is 0 Å². The Balaban J connectivity index is -0.0000000208. The molecule has 0 aliphatic heterocycles. The first-order valence-corrected chi connectivity index (χ1v) is 2.91. The van der Waals surface area contributed by atoms with Gasteiger partial charge in [-0.1, -0.05) is 39.5 Å². The molecule has 0 nitrogen and oxygen atoms in total. The van der Waals surface area contributed by atoms with E-state index in [1.807, 2.05) is 0 Å². The fraction of sp³-hybridized carbons (Fsp3) is 1.00. The Morgan fingerprint density at radius 1 is 0.700 bits per heavy atom. The highest BCUT2D eigenvalue weighted by atomic mass is 35.5. The molecule has 0 rings (SSSR count). The molecule has 0 spiro atoms. The van der Waals surface area contributed by atoms with Crippen molar-refractivity contribution in [3.8, 4) is 0 Å². The van der Waals surface area contributed by atoms with Gasteiger partial charge >= 0.3 is 0 Å². The maximum Gasteiger partial charge on any atom is 0.0814 e. The summed E-state index contributed by atoms with van der Waals surface area (Å²) in [5.74, 6) is 0. The third kappa shape index (κ3) is 36.3. The van der Waals surface area contributed by atoms with Crippen LogP contribution < -0.4 is 0 Å². The second-order valence-corrected chi connectivity index (χ2v) is 1.71. The molecule has 0 bridgehead atoms. The summed E-state index contributed by atoms with van der Waals surface area (Å²) in [5, 5.41) is 0. The Bertz CT molecular complexity index is 25.0. The van der Waals surface area contributed by atoms with Gasteiger partial charge in [0.05, 0.1) is 8.41 Å². The van der Waals surface area contributed by atoms with Crippen molar-refractivity contribution in [2.75, 3.05) is 0 Å². The van der Waals surface area contributed by atoms with E-state index < -0.39 is 0 Å². The van der Waals surface area contributed by atoms with Gasteiger partial charge in [-0.3, -0.25) is 0 Å². The summed E-state index contributed by atoms with van der Waals surface area (Å²) in [6, 6.07) is 0. The van der Waals surface area contributed by atoms with Crippen LogP contribution in [0, 0.1) is 0 Å². The van der Waals surface area contributed by atoms with E-state index >= 15 is 0 Å². The quantitative estimate of drug-likeness (QED) is 0.495. The zero-order valence-corrected chi connectivity index (χ0v) is 8.50. The first-order chi connectivity index (χ1) is 2.91. The minimum Gasteiger partial charge on any atom is -0.147 e. The molecule has 0 aromatic carbocycles. The number of rotatable bonds is 3. The Morgan fingerprint density at radius 2 is 0.900 bits per heavy atom. The van der Waals surface area contributed by atoms with E-state index in [0.29, 0.717) is 0 Å². The van der Waals surface area contributed by atoms with E-state index in [1.54, 1.807) is 0 Å². The van der Waals surface area contributed by atoms with Gasteiger partial charge in [-0.2, -0.15) is 0 Å². The SMILES string of the molecule is B.CCCCCC.Cl.Cl.Cl. The van der Waals surface area contributed by atoms with Crippen LogP contribution in [-0.4, -0.2) is 8.41 Å². The fourth-order valence-corrected chi connectivity index (χ4v) is 0.500. The lowest BCUT2D eigenvalue weighted by molar-refractivity contribution is 0.702. The van der Waals surface area contributed by atoms with Gasteiger partial charge in [0.25, 0.3) is 0 Å². The van der Waals surface area contributed by atoms with Gasteiger partial charge in [-0.25, -0.2) is 0 Å². The summed E-state index contributed by atoms with van der Waals surface area (Å²) < 4.78 is 0. The Labute approximate surface area is 85.3 Å². The van der Waals surface area contributed by atoms with E-state index in [9.17, 15) is 0 Å². The normalized spacial score (nSPS) is 5.40. The zero-order chi connectivity index (χ0) is 4.83. The van der Waals surface area contributed by atoms with Crippen LogP contribution in [0.25, 0.3) is 0 Å². The molecule has 0 saturated heterocycles. The van der Waals surface area contributed by atoms with E-state index in [-0.39, 0.29) is 45.6 Å². The topological polar surface area (TPSA) is 0 Å². The van der Waals surface area contributed by atoms with Gasteiger partial charge < -0.3 is 0 Å². The maximum atomic E-state index is 2.23. The molecular formula is C6H20BCl3. The Kier molecular flexibility index (Phi) is 99.8. The number of halogens is 3. The van der Waals surface area contributed by atoms with Gasteiger partial charge in [0.2, 0.25) is 0 Å². The largest absolute Gasteiger partial charge is 0.147 e. The minimum atomic E-state index is 0. The van der Waals surface area contributed by atoms with Crippen molar-refractivity contribution in [3.63, 3.8) is 0 Å². The highest BCUT2D eigenvalue weighted by Crippen LogP contribution is 1.95. The van der Waals surface area contributed by atoms with Crippen molar-refractivity contribution < 1.29 is 0 Å². The monoisotopic (exact) mass is 208 g/mol. The summed E-state index contributed by atoms with van der Waals surface area (Å²) in [5.41, 5.74) is 0. The lowest BCUT2D eigenvalue weighted by atomic mass is 10.2. The van der Waals surface area contributed by atoms with Gasteiger partial charge in [0.15, 0.2) is 0 Å². The molecule has 0 fully saturated rings. The van der Waals surface area contributed by atoms with Gasteiger partial charge in [0, 0.05) is 0 Å². The second kappa shape index (κ2) is 32.6. The standard InChI is InChI=1S/C6H14.BH3.3ClH/c1-3-5-6-4-2;;;;/h3-6H2,1-2H3;1H3;3*1H. The molecule has 0 aromatic heterocycles. The molecular weight excluding hydrogens is 189 g/mol. The van der Waals surface area contributed by atoms with Crippen LogP contribution in [0.2, 0.25) is 0 Å². The van der Waals surface area contributed by atoms with E-state index in [0.717, 1.165) is 0 Å². The summed E-state index contributed by atoms with van der Waals surface area (Å²) in [6.07, 6.45) is 5.54. The van der Waals surface area contributed by atoms with Crippen molar-refractivity contribution in [2.24, 2.45) is 0 Å². The van der Waals surface area contributed by atoms with Crippen molar-refractivity contribution in [2.45, 2.75) is 39.5 Å². The molecule has 0 saturated carbocycles. The average molecular weight is 209 g/mol. The number of hydrogen-bond acceptors (Lipinski definition) is 0. The molecule has 0 heterocycles. The third-order valence-corrected chi connectivity index (χ3v) is 0.957. The van der Waals surface area contributed by atoms with Crippen molar-refractivity contribution in [1.82, 2.24) is 0 Å². The number of hydrogen-bond donors (Lipinski definition) is 0. The van der Waals surface area contributed by atoms with Gasteiger partial charge in [0.1, 0.15) is 0 Å². The van der Waals surface area contributed by atoms with Crippen LogP contribution in [0.1, 0.15) is 39.5 Å². The zero-order valence-electron chi connectivity index (χ0n) is 6.05. The highest BCUT2D eigenvalue weighted by molar-refractivity contribution is 5.86. The van der Waals surface area contributed by atoms with Crippen molar-refractivity contribution in [3.05, 3.63) is 0 Å². The van der Waals surface area contributed by atoms with Crippen LogP contribution in [0.4, 0.5) is 0 Å². The number of unbranched alkanes of at least 4 members (excludes halogenated alkanes) is 3. The minimum absolute atomic E-state index is 0. The summed E-state index contributed by atoms with van der Waals surface area (Å²) in [4.78, 5) is 0. The first kappa shape index (κ1) is 30.6. The van der Waals surface area contributed by atoms with Crippen LogP contribution in [0.5, 0.6) is 0 Å². The Morgan fingerprint density at radius 3 is 1.00 bits per heavy atom. The van der Waals surface area contributed by atoms with Gasteiger partial charge in [-0.05, 0) is 0 Å². The molecule has 68 valence electrons. The predicted octanol–water partition coefficient (Wildman–Crippen LogP) is 2.67. The van der Waals surface area contributed by atoms with Crippen molar-refractivity contribution in [1.29, 1.82) is 0 Å². The predicted molar refractivity (Wildman–Crippen MR) is 61.5 cm³/mol. The smallest absolute Gasteiger partial charge is 0.0814 e.